The molecule has 1 aromatic rings. The Morgan fingerprint density at radius 3 is 1.41 bits per heavy atom. The number of phenolic OH excluding ortho intramolecular Hbond substituents is 1. The Hall–Kier alpha value is -0.980. The average molecular weight is 403 g/mol. The second kappa shape index (κ2) is 17.8. The Kier molecular flexibility index (Phi) is 16.0. The molecule has 29 heavy (non-hydrogen) atoms. The van der Waals surface area contributed by atoms with Gasteiger partial charge in [-0.25, -0.2) is 0 Å². The summed E-state index contributed by atoms with van der Waals surface area (Å²) in [6.45, 7) is 6.83. The lowest BCUT2D eigenvalue weighted by atomic mass is 9.90. The summed E-state index contributed by atoms with van der Waals surface area (Å²) in [5.74, 6) is 0.546. The van der Waals surface area contributed by atoms with Gasteiger partial charge in [0, 0.05) is 0 Å². The van der Waals surface area contributed by atoms with Gasteiger partial charge in [0.2, 0.25) is 0 Å². The minimum absolute atomic E-state index is 0.546. The average Bonchev–Trinajstić information content (AvgIpc) is 2.72. The van der Waals surface area contributed by atoms with E-state index in [-0.39, 0.29) is 0 Å². The molecule has 0 heterocycles. The van der Waals surface area contributed by atoms with E-state index < -0.39 is 0 Å². The number of hydrogen-bond acceptors (Lipinski definition) is 1. The monoisotopic (exact) mass is 402 g/mol. The van der Waals surface area contributed by atoms with Gasteiger partial charge in [0.15, 0.2) is 0 Å². The van der Waals surface area contributed by atoms with Crippen LogP contribution in [0.5, 0.6) is 5.75 Å². The van der Waals surface area contributed by atoms with Crippen LogP contribution < -0.4 is 0 Å². The van der Waals surface area contributed by atoms with Gasteiger partial charge in [0.25, 0.3) is 0 Å². The highest BCUT2D eigenvalue weighted by atomic mass is 16.3. The summed E-state index contributed by atoms with van der Waals surface area (Å²) in [5, 5.41) is 10.6. The number of unbranched alkanes of at least 4 members (excludes halogenated alkanes) is 13. The smallest absolute Gasteiger partial charge is 0.119 e. The van der Waals surface area contributed by atoms with Crippen LogP contribution in [-0.2, 0) is 19.3 Å². The number of aryl methyl sites for hydroxylation is 1. The van der Waals surface area contributed by atoms with Crippen LogP contribution in [0, 0.1) is 0 Å². The highest BCUT2D eigenvalue weighted by Crippen LogP contribution is 2.29. The van der Waals surface area contributed by atoms with Crippen molar-refractivity contribution < 1.29 is 5.11 Å². The van der Waals surface area contributed by atoms with Crippen LogP contribution in [0.3, 0.4) is 0 Å². The van der Waals surface area contributed by atoms with Gasteiger partial charge in [-0.05, 0) is 54.9 Å². The zero-order valence-electron chi connectivity index (χ0n) is 20.0. The first kappa shape index (κ1) is 26.1. The Balaban J connectivity index is 2.44. The van der Waals surface area contributed by atoms with E-state index in [0.717, 1.165) is 19.3 Å². The third-order valence-corrected chi connectivity index (χ3v) is 6.33. The van der Waals surface area contributed by atoms with Gasteiger partial charge < -0.3 is 5.11 Å². The maximum atomic E-state index is 10.6. The third kappa shape index (κ3) is 11.7. The van der Waals surface area contributed by atoms with Gasteiger partial charge >= 0.3 is 0 Å². The van der Waals surface area contributed by atoms with Crippen LogP contribution in [0.1, 0.15) is 140 Å². The molecule has 1 rings (SSSR count). The molecule has 0 amide bonds. The molecule has 0 radical (unpaired) electrons. The van der Waals surface area contributed by atoms with Gasteiger partial charge in [0.05, 0.1) is 0 Å². The molecule has 0 aliphatic heterocycles. The van der Waals surface area contributed by atoms with Gasteiger partial charge in [0.1, 0.15) is 5.75 Å². The lowest BCUT2D eigenvalue weighted by molar-refractivity contribution is 0.463. The zero-order chi connectivity index (χ0) is 21.2. The summed E-state index contributed by atoms with van der Waals surface area (Å²) < 4.78 is 0. The molecule has 0 spiro atoms. The zero-order valence-corrected chi connectivity index (χ0v) is 20.0. The topological polar surface area (TPSA) is 20.2 Å². The minimum atomic E-state index is 0.546. The molecular formula is C28H50O. The van der Waals surface area contributed by atoms with Gasteiger partial charge in [-0.3, -0.25) is 0 Å². The highest BCUT2D eigenvalue weighted by molar-refractivity contribution is 5.45. The molecule has 0 unspecified atom stereocenters. The lowest BCUT2D eigenvalue weighted by Crippen LogP contribution is -2.02. The first-order valence-corrected chi connectivity index (χ1v) is 13.1. The van der Waals surface area contributed by atoms with Crippen molar-refractivity contribution in [2.24, 2.45) is 0 Å². The Morgan fingerprint density at radius 1 is 0.483 bits per heavy atom. The number of phenols is 1. The van der Waals surface area contributed by atoms with E-state index in [1.165, 1.54) is 119 Å². The van der Waals surface area contributed by atoms with Crippen LogP contribution in [0.15, 0.2) is 12.1 Å². The fourth-order valence-corrected chi connectivity index (χ4v) is 4.52. The minimum Gasteiger partial charge on any atom is -0.508 e. The lowest BCUT2D eigenvalue weighted by Gasteiger charge is -2.17. The Bertz CT molecular complexity index is 505. The molecule has 0 aromatic heterocycles. The highest BCUT2D eigenvalue weighted by Gasteiger charge is 2.12. The predicted molar refractivity (Wildman–Crippen MR) is 130 cm³/mol. The standard InChI is InChI=1S/C28H50O/c1-4-7-9-11-12-13-14-15-17-19-22-27-26(21-18-16-10-8-5-2)25(20-6-3)23-24-28(27)29/h23-24,29H,4-22H2,1-3H3. The molecule has 0 saturated carbocycles. The van der Waals surface area contributed by atoms with E-state index in [1.807, 2.05) is 6.07 Å². The molecule has 1 nitrogen and oxygen atoms in total. The molecule has 1 aromatic carbocycles. The molecule has 0 aliphatic rings. The van der Waals surface area contributed by atoms with Crippen molar-refractivity contribution in [3.8, 4) is 5.75 Å². The summed E-state index contributed by atoms with van der Waals surface area (Å²) >= 11 is 0. The number of aromatic hydroxyl groups is 1. The predicted octanol–water partition coefficient (Wildman–Crippen LogP) is 9.32. The van der Waals surface area contributed by atoms with Crippen molar-refractivity contribution in [3.05, 3.63) is 28.8 Å². The summed E-state index contributed by atoms with van der Waals surface area (Å²) in [6.07, 6.45) is 24.8. The van der Waals surface area contributed by atoms with Gasteiger partial charge in [-0.15, -0.1) is 0 Å². The molecule has 0 atom stereocenters. The fraction of sp³-hybridized carbons (Fsp3) is 0.786. The maximum absolute atomic E-state index is 10.6. The van der Waals surface area contributed by atoms with Crippen LogP contribution in [0.25, 0.3) is 0 Å². The van der Waals surface area contributed by atoms with Crippen LogP contribution in [0.4, 0.5) is 0 Å². The molecule has 0 fully saturated rings. The second-order valence-electron chi connectivity index (χ2n) is 9.05. The first-order chi connectivity index (χ1) is 14.2. The normalized spacial score (nSPS) is 11.3. The van der Waals surface area contributed by atoms with Crippen molar-refractivity contribution in [2.75, 3.05) is 0 Å². The first-order valence-electron chi connectivity index (χ1n) is 13.1. The van der Waals surface area contributed by atoms with Crippen molar-refractivity contribution in [2.45, 2.75) is 143 Å². The molecule has 0 aliphatic carbocycles. The molecule has 0 bridgehead atoms. The fourth-order valence-electron chi connectivity index (χ4n) is 4.52. The molecular weight excluding hydrogens is 352 g/mol. The van der Waals surface area contributed by atoms with E-state index >= 15 is 0 Å². The summed E-state index contributed by atoms with van der Waals surface area (Å²) in [7, 11) is 0. The second-order valence-corrected chi connectivity index (χ2v) is 9.05. The number of benzene rings is 1. The number of rotatable bonds is 19. The van der Waals surface area contributed by atoms with E-state index in [1.54, 1.807) is 0 Å². The van der Waals surface area contributed by atoms with Crippen molar-refractivity contribution in [1.29, 1.82) is 0 Å². The molecule has 168 valence electrons. The summed E-state index contributed by atoms with van der Waals surface area (Å²) in [4.78, 5) is 0. The van der Waals surface area contributed by atoms with Crippen molar-refractivity contribution >= 4 is 0 Å². The van der Waals surface area contributed by atoms with E-state index in [4.69, 9.17) is 0 Å². The molecule has 0 saturated heterocycles. The van der Waals surface area contributed by atoms with Crippen LogP contribution >= 0.6 is 0 Å². The number of hydrogen-bond donors (Lipinski definition) is 1. The Morgan fingerprint density at radius 2 is 0.931 bits per heavy atom. The van der Waals surface area contributed by atoms with Gasteiger partial charge in [-0.1, -0.05) is 117 Å². The van der Waals surface area contributed by atoms with Crippen molar-refractivity contribution in [3.63, 3.8) is 0 Å². The van der Waals surface area contributed by atoms with E-state index in [2.05, 4.69) is 26.8 Å². The molecule has 1 heteroatoms. The largest absolute Gasteiger partial charge is 0.508 e. The van der Waals surface area contributed by atoms with Crippen molar-refractivity contribution in [1.82, 2.24) is 0 Å². The van der Waals surface area contributed by atoms with E-state index in [9.17, 15) is 5.11 Å². The summed E-state index contributed by atoms with van der Waals surface area (Å²) in [5.41, 5.74) is 4.24. The quantitative estimate of drug-likeness (QED) is 0.228. The Labute approximate surface area is 182 Å². The van der Waals surface area contributed by atoms with Crippen LogP contribution in [0.2, 0.25) is 0 Å². The van der Waals surface area contributed by atoms with E-state index in [0.29, 0.717) is 5.75 Å². The summed E-state index contributed by atoms with van der Waals surface area (Å²) in [6, 6.07) is 4.14. The third-order valence-electron chi connectivity index (χ3n) is 6.33. The molecule has 1 N–H and O–H groups in total. The maximum Gasteiger partial charge on any atom is 0.119 e. The van der Waals surface area contributed by atoms with Crippen LogP contribution in [-0.4, -0.2) is 5.11 Å². The SMILES string of the molecule is CCCCCCCCCCCCc1c(O)ccc(CCC)c1CCCCCCC. The van der Waals surface area contributed by atoms with Gasteiger partial charge in [-0.2, -0.15) is 0 Å².